The highest BCUT2D eigenvalue weighted by molar-refractivity contribution is 6.17. The average molecular weight is 311 g/mol. The molecule has 5 nitrogen and oxygen atoms in total. The zero-order chi connectivity index (χ0) is 15.9. The molecule has 0 aromatic heterocycles. The Kier molecular flexibility index (Phi) is 6.44. The van der Waals surface area contributed by atoms with Crippen LogP contribution in [0.1, 0.15) is 38.7 Å². The fourth-order valence-corrected chi connectivity index (χ4v) is 2.04. The molecule has 0 saturated heterocycles. The maximum absolute atomic E-state index is 10.7. The summed E-state index contributed by atoms with van der Waals surface area (Å²) >= 11 is 5.79. The second-order valence-electron chi connectivity index (χ2n) is 5.48. The lowest BCUT2D eigenvalue weighted by molar-refractivity contribution is -0.384. The Labute approximate surface area is 129 Å². The first-order valence-electron chi connectivity index (χ1n) is 6.77. The first kappa shape index (κ1) is 17.3. The van der Waals surface area contributed by atoms with Gasteiger partial charge < -0.3 is 4.74 Å². The van der Waals surface area contributed by atoms with Crippen molar-refractivity contribution >= 4 is 17.3 Å². The zero-order valence-electron chi connectivity index (χ0n) is 12.3. The van der Waals surface area contributed by atoms with Crippen molar-refractivity contribution < 1.29 is 9.66 Å². The molecule has 0 saturated carbocycles. The fraction of sp³-hybridized carbons (Fsp3) is 0.533. The molecule has 6 heteroatoms. The van der Waals surface area contributed by atoms with Crippen molar-refractivity contribution in [1.82, 2.24) is 0 Å². The number of hydrogen-bond acceptors (Lipinski definition) is 4. The van der Waals surface area contributed by atoms with Crippen LogP contribution in [0.2, 0.25) is 0 Å². The molecule has 0 heterocycles. The smallest absolute Gasteiger partial charge is 0.270 e. The number of nitrogens with zero attached hydrogens (tertiary/aromatic N) is 2. The highest BCUT2D eigenvalue weighted by Crippen LogP contribution is 2.26. The molecular weight excluding hydrogens is 292 g/mol. The van der Waals surface area contributed by atoms with Crippen molar-refractivity contribution in [1.29, 1.82) is 5.26 Å². The van der Waals surface area contributed by atoms with Gasteiger partial charge in [0.1, 0.15) is 5.75 Å². The molecule has 0 spiro atoms. The van der Waals surface area contributed by atoms with Crippen LogP contribution in [0.4, 0.5) is 5.69 Å². The molecule has 0 aliphatic carbocycles. The Morgan fingerprint density at radius 2 is 2.14 bits per heavy atom. The first-order valence-corrected chi connectivity index (χ1v) is 7.30. The van der Waals surface area contributed by atoms with E-state index in [1.807, 2.05) is 13.8 Å². The van der Waals surface area contributed by atoms with Crippen molar-refractivity contribution in [2.75, 3.05) is 6.61 Å². The quantitative estimate of drug-likeness (QED) is 0.308. The van der Waals surface area contributed by atoms with E-state index in [4.69, 9.17) is 21.6 Å². The molecule has 1 aromatic carbocycles. The number of benzene rings is 1. The third kappa shape index (κ3) is 5.60. The lowest BCUT2D eigenvalue weighted by Gasteiger charge is -2.15. The van der Waals surface area contributed by atoms with Crippen molar-refractivity contribution in [3.63, 3.8) is 0 Å². The van der Waals surface area contributed by atoms with E-state index >= 15 is 0 Å². The lowest BCUT2D eigenvalue weighted by Crippen LogP contribution is -2.08. The molecule has 0 N–H and O–H groups in total. The van der Waals surface area contributed by atoms with Gasteiger partial charge >= 0.3 is 0 Å². The SMILES string of the molecule is CC(C)(C#N)CCCCOc1ccc([N+](=O)[O-])cc1CCl. The molecule has 0 aliphatic rings. The Hall–Kier alpha value is -1.80. The van der Waals surface area contributed by atoms with Crippen molar-refractivity contribution in [3.05, 3.63) is 33.9 Å². The highest BCUT2D eigenvalue weighted by atomic mass is 35.5. The van der Waals surface area contributed by atoms with Crippen molar-refractivity contribution in [2.24, 2.45) is 5.41 Å². The van der Waals surface area contributed by atoms with Gasteiger partial charge in [-0.25, -0.2) is 0 Å². The Balaban J connectivity index is 2.49. The second kappa shape index (κ2) is 7.84. The van der Waals surface area contributed by atoms with Crippen LogP contribution >= 0.6 is 11.6 Å². The number of hydrogen-bond donors (Lipinski definition) is 0. The summed E-state index contributed by atoms with van der Waals surface area (Å²) < 4.78 is 5.62. The minimum atomic E-state index is -0.455. The Morgan fingerprint density at radius 1 is 1.43 bits per heavy atom. The average Bonchev–Trinajstić information content (AvgIpc) is 2.46. The van der Waals surface area contributed by atoms with E-state index in [0.29, 0.717) is 17.9 Å². The molecule has 21 heavy (non-hydrogen) atoms. The van der Waals surface area contributed by atoms with Crippen LogP contribution < -0.4 is 4.74 Å². The van der Waals surface area contributed by atoms with Crippen molar-refractivity contribution in [3.8, 4) is 11.8 Å². The van der Waals surface area contributed by atoms with Crippen molar-refractivity contribution in [2.45, 2.75) is 39.0 Å². The van der Waals surface area contributed by atoms with E-state index in [-0.39, 0.29) is 17.0 Å². The monoisotopic (exact) mass is 310 g/mol. The molecule has 0 radical (unpaired) electrons. The highest BCUT2D eigenvalue weighted by Gasteiger charge is 2.15. The predicted octanol–water partition coefficient (Wildman–Crippen LogP) is 4.43. The molecular formula is C15H19ClN2O3. The van der Waals surface area contributed by atoms with Gasteiger partial charge in [-0.3, -0.25) is 10.1 Å². The van der Waals surface area contributed by atoms with Crippen LogP contribution in [0, 0.1) is 26.9 Å². The van der Waals surface area contributed by atoms with Gasteiger partial charge in [-0.15, -0.1) is 11.6 Å². The maximum atomic E-state index is 10.7. The minimum absolute atomic E-state index is 0.00812. The number of nitro groups is 1. The van der Waals surface area contributed by atoms with E-state index in [2.05, 4.69) is 6.07 Å². The normalized spacial score (nSPS) is 11.0. The number of nitro benzene ring substituents is 1. The van der Waals surface area contributed by atoms with Crippen LogP contribution in [-0.4, -0.2) is 11.5 Å². The van der Waals surface area contributed by atoms with Crippen LogP contribution in [0.25, 0.3) is 0 Å². The Bertz CT molecular complexity index is 538. The molecule has 0 bridgehead atoms. The van der Waals surface area contributed by atoms with Gasteiger partial charge in [0, 0.05) is 17.7 Å². The van der Waals surface area contributed by atoms with E-state index in [9.17, 15) is 10.1 Å². The summed E-state index contributed by atoms with van der Waals surface area (Å²) in [4.78, 5) is 10.2. The Morgan fingerprint density at radius 3 is 2.71 bits per heavy atom. The molecule has 1 aromatic rings. The molecule has 0 atom stereocenters. The summed E-state index contributed by atoms with van der Waals surface area (Å²) in [7, 11) is 0. The van der Waals surface area contributed by atoms with Gasteiger partial charge in [0.15, 0.2) is 0 Å². The topological polar surface area (TPSA) is 76.2 Å². The van der Waals surface area contributed by atoms with Crippen LogP contribution in [0.3, 0.4) is 0 Å². The molecule has 0 amide bonds. The first-order chi connectivity index (χ1) is 9.89. The van der Waals surface area contributed by atoms with E-state index < -0.39 is 4.92 Å². The van der Waals surface area contributed by atoms with Gasteiger partial charge in [-0.2, -0.15) is 5.26 Å². The van der Waals surface area contributed by atoms with Crippen LogP contribution in [0.15, 0.2) is 18.2 Å². The fourth-order valence-electron chi connectivity index (χ4n) is 1.83. The van der Waals surface area contributed by atoms with Gasteiger partial charge in [0.05, 0.1) is 28.9 Å². The standard InChI is InChI=1S/C15H19ClN2O3/c1-15(2,11-17)7-3-4-8-21-14-6-5-13(18(19)20)9-12(14)10-16/h5-6,9H,3-4,7-8,10H2,1-2H3. The number of rotatable bonds is 8. The molecule has 0 fully saturated rings. The minimum Gasteiger partial charge on any atom is -0.493 e. The molecule has 114 valence electrons. The summed E-state index contributed by atoms with van der Waals surface area (Å²) in [5, 5.41) is 19.6. The number of ether oxygens (including phenoxy) is 1. The molecule has 1 rings (SSSR count). The van der Waals surface area contributed by atoms with Gasteiger partial charge in [0.25, 0.3) is 5.69 Å². The number of halogens is 1. The predicted molar refractivity (Wildman–Crippen MR) is 81.4 cm³/mol. The van der Waals surface area contributed by atoms with E-state index in [0.717, 1.165) is 19.3 Å². The molecule has 0 aliphatic heterocycles. The van der Waals surface area contributed by atoms with E-state index in [1.165, 1.54) is 12.1 Å². The zero-order valence-corrected chi connectivity index (χ0v) is 13.0. The summed E-state index contributed by atoms with van der Waals surface area (Å²) in [5.41, 5.74) is 0.311. The van der Waals surface area contributed by atoms with Crippen LogP contribution in [-0.2, 0) is 5.88 Å². The van der Waals surface area contributed by atoms with E-state index in [1.54, 1.807) is 6.07 Å². The third-order valence-corrected chi connectivity index (χ3v) is 3.44. The third-order valence-electron chi connectivity index (χ3n) is 3.16. The van der Waals surface area contributed by atoms with Gasteiger partial charge in [0.2, 0.25) is 0 Å². The number of nitriles is 1. The lowest BCUT2D eigenvalue weighted by atomic mass is 9.89. The summed E-state index contributed by atoms with van der Waals surface area (Å²) in [6.45, 7) is 4.33. The van der Waals surface area contributed by atoms with Gasteiger partial charge in [-0.1, -0.05) is 0 Å². The summed E-state index contributed by atoms with van der Waals surface area (Å²) in [6, 6.07) is 6.68. The second-order valence-corrected chi connectivity index (χ2v) is 5.75. The summed E-state index contributed by atoms with van der Waals surface area (Å²) in [6.07, 6.45) is 2.53. The number of unbranched alkanes of at least 4 members (excludes halogenated alkanes) is 1. The number of alkyl halides is 1. The number of non-ortho nitro benzene ring substituents is 1. The maximum Gasteiger partial charge on any atom is 0.270 e. The summed E-state index contributed by atoms with van der Waals surface area (Å²) in [5.74, 6) is 0.744. The van der Waals surface area contributed by atoms with Crippen LogP contribution in [0.5, 0.6) is 5.75 Å². The molecule has 0 unspecified atom stereocenters. The van der Waals surface area contributed by atoms with Gasteiger partial charge in [-0.05, 0) is 39.2 Å². The largest absolute Gasteiger partial charge is 0.493 e.